The van der Waals surface area contributed by atoms with E-state index in [1.165, 1.54) is 6.07 Å². The van der Waals surface area contributed by atoms with Crippen LogP contribution in [-0.2, 0) is 10.3 Å². The molecular weight excluding hydrogens is 291 g/mol. The second kappa shape index (κ2) is 5.25. The molecule has 2 heterocycles. The van der Waals surface area contributed by atoms with Crippen molar-refractivity contribution in [1.29, 1.82) is 0 Å². The Balaban J connectivity index is 2.27. The third kappa shape index (κ3) is 2.44. The zero-order valence-corrected chi connectivity index (χ0v) is 13.4. The number of halogens is 2. The highest BCUT2D eigenvalue weighted by Crippen LogP contribution is 2.36. The topological polar surface area (TPSA) is 27.1 Å². The Morgan fingerprint density at radius 1 is 1.48 bits per heavy atom. The van der Waals surface area contributed by atoms with Gasteiger partial charge in [0.15, 0.2) is 0 Å². The molecule has 0 spiro atoms. The van der Waals surface area contributed by atoms with E-state index in [9.17, 15) is 4.39 Å². The number of aromatic nitrogens is 2. The van der Waals surface area contributed by atoms with E-state index in [1.807, 2.05) is 13.0 Å². The number of benzene rings is 1. The minimum atomic E-state index is -0.237. The van der Waals surface area contributed by atoms with Gasteiger partial charge in [0.05, 0.1) is 28.6 Å². The molecule has 1 fully saturated rings. The van der Waals surface area contributed by atoms with Gasteiger partial charge in [-0.2, -0.15) is 0 Å². The van der Waals surface area contributed by atoms with Crippen LogP contribution < -0.4 is 0 Å². The van der Waals surface area contributed by atoms with Crippen LogP contribution in [0.15, 0.2) is 12.1 Å². The van der Waals surface area contributed by atoms with Crippen molar-refractivity contribution in [2.45, 2.75) is 44.5 Å². The number of nitrogens with zero attached hydrogens (tertiary/aromatic N) is 2. The zero-order valence-electron chi connectivity index (χ0n) is 12.6. The summed E-state index contributed by atoms with van der Waals surface area (Å²) in [4.78, 5) is 4.57. The summed E-state index contributed by atoms with van der Waals surface area (Å²) < 4.78 is 21.7. The van der Waals surface area contributed by atoms with Crippen LogP contribution >= 0.6 is 11.6 Å². The fraction of sp³-hybridized carbons (Fsp3) is 0.562. The molecule has 2 atom stereocenters. The predicted molar refractivity (Wildman–Crippen MR) is 82.4 cm³/mol. The van der Waals surface area contributed by atoms with E-state index >= 15 is 0 Å². The van der Waals surface area contributed by atoms with E-state index in [0.717, 1.165) is 30.8 Å². The van der Waals surface area contributed by atoms with Gasteiger partial charge in [0.1, 0.15) is 11.6 Å². The van der Waals surface area contributed by atoms with Crippen LogP contribution in [-0.4, -0.2) is 22.8 Å². The largest absolute Gasteiger partial charge is 0.379 e. The summed E-state index contributed by atoms with van der Waals surface area (Å²) in [6, 6.07) is 3.36. The van der Waals surface area contributed by atoms with Crippen LogP contribution in [0.5, 0.6) is 0 Å². The highest BCUT2D eigenvalue weighted by molar-refractivity contribution is 6.20. The zero-order chi connectivity index (χ0) is 15.2. The Morgan fingerprint density at radius 3 is 2.86 bits per heavy atom. The monoisotopic (exact) mass is 310 g/mol. The van der Waals surface area contributed by atoms with Gasteiger partial charge < -0.3 is 9.30 Å². The van der Waals surface area contributed by atoms with Gasteiger partial charge in [0.2, 0.25) is 0 Å². The molecule has 1 aliphatic rings. The molecule has 1 aromatic carbocycles. The van der Waals surface area contributed by atoms with Gasteiger partial charge in [-0.1, -0.05) is 0 Å². The van der Waals surface area contributed by atoms with Gasteiger partial charge in [0, 0.05) is 12.7 Å². The maximum Gasteiger partial charge on any atom is 0.128 e. The second-order valence-corrected chi connectivity index (χ2v) is 6.82. The number of fused-ring (bicyclic) bond motifs is 1. The van der Waals surface area contributed by atoms with Crippen molar-refractivity contribution in [3.63, 3.8) is 0 Å². The van der Waals surface area contributed by atoms with Gasteiger partial charge in [-0.05, 0) is 45.2 Å². The summed E-state index contributed by atoms with van der Waals surface area (Å²) in [7, 11) is 0. The van der Waals surface area contributed by atoms with E-state index in [-0.39, 0.29) is 16.7 Å². The first-order chi connectivity index (χ1) is 9.92. The number of imidazole rings is 1. The Bertz CT molecular complexity index is 674. The van der Waals surface area contributed by atoms with Crippen LogP contribution in [0.3, 0.4) is 0 Å². The van der Waals surface area contributed by atoms with Crippen molar-refractivity contribution in [2.24, 2.45) is 0 Å². The molecule has 0 bridgehead atoms. The molecule has 0 radical (unpaired) electrons. The molecule has 0 aliphatic carbocycles. The number of hydrogen-bond acceptors (Lipinski definition) is 2. The fourth-order valence-corrected chi connectivity index (χ4v) is 3.30. The molecule has 2 unspecified atom stereocenters. The molecule has 0 amide bonds. The molecule has 21 heavy (non-hydrogen) atoms. The maximum atomic E-state index is 13.8. The van der Waals surface area contributed by atoms with E-state index in [0.29, 0.717) is 17.7 Å². The minimum Gasteiger partial charge on any atom is -0.379 e. The maximum absolute atomic E-state index is 13.8. The van der Waals surface area contributed by atoms with E-state index in [4.69, 9.17) is 16.3 Å². The molecule has 1 aromatic heterocycles. The summed E-state index contributed by atoms with van der Waals surface area (Å²) in [6.07, 6.45) is 2.01. The third-order valence-corrected chi connectivity index (χ3v) is 4.47. The molecule has 2 aromatic rings. The lowest BCUT2D eigenvalue weighted by Gasteiger charge is -2.37. The van der Waals surface area contributed by atoms with E-state index in [1.54, 1.807) is 6.92 Å². The van der Waals surface area contributed by atoms with Gasteiger partial charge in [-0.25, -0.2) is 9.37 Å². The highest BCUT2D eigenvalue weighted by atomic mass is 35.5. The summed E-state index contributed by atoms with van der Waals surface area (Å²) in [5.74, 6) is 0.552. The van der Waals surface area contributed by atoms with Crippen molar-refractivity contribution < 1.29 is 9.13 Å². The number of ether oxygens (including phenoxy) is 1. The molecule has 0 N–H and O–H groups in total. The van der Waals surface area contributed by atoms with Crippen molar-refractivity contribution in [3.8, 4) is 0 Å². The lowest BCUT2D eigenvalue weighted by molar-refractivity contribution is 0.0101. The predicted octanol–water partition coefficient (Wildman–Crippen LogP) is 4.31. The molecule has 0 saturated carbocycles. The SMILES string of the molecule is Cc1cc2c(cc1F)nc(C(C)Cl)n2C1(C)CCCOC1. The first-order valence-corrected chi connectivity index (χ1v) is 7.77. The van der Waals surface area contributed by atoms with Crippen LogP contribution in [0.2, 0.25) is 0 Å². The van der Waals surface area contributed by atoms with Crippen molar-refractivity contribution in [3.05, 3.63) is 29.3 Å². The number of hydrogen-bond donors (Lipinski definition) is 0. The fourth-order valence-electron chi connectivity index (χ4n) is 3.15. The van der Waals surface area contributed by atoms with Gasteiger partial charge in [-0.15, -0.1) is 11.6 Å². The summed E-state index contributed by atoms with van der Waals surface area (Å²) in [6.45, 7) is 7.26. The van der Waals surface area contributed by atoms with Crippen LogP contribution in [0, 0.1) is 12.7 Å². The molecule has 3 rings (SSSR count). The number of alkyl halides is 1. The molecule has 5 heteroatoms. The first kappa shape index (κ1) is 14.8. The van der Waals surface area contributed by atoms with E-state index in [2.05, 4.69) is 16.5 Å². The van der Waals surface area contributed by atoms with Gasteiger partial charge >= 0.3 is 0 Å². The summed E-state index contributed by atoms with van der Waals surface area (Å²) >= 11 is 6.32. The Labute approximate surface area is 129 Å². The standard InChI is InChI=1S/C16H20ClFN2O/c1-10-7-14-13(8-12(10)18)19-15(11(2)17)20(14)16(3)5-4-6-21-9-16/h7-8,11H,4-6,9H2,1-3H3. The first-order valence-electron chi connectivity index (χ1n) is 7.33. The third-order valence-electron chi connectivity index (χ3n) is 4.27. The van der Waals surface area contributed by atoms with Crippen molar-refractivity contribution >= 4 is 22.6 Å². The quantitative estimate of drug-likeness (QED) is 0.773. The molecule has 1 saturated heterocycles. The second-order valence-electron chi connectivity index (χ2n) is 6.16. The number of rotatable bonds is 2. The molecule has 114 valence electrons. The van der Waals surface area contributed by atoms with Crippen molar-refractivity contribution in [2.75, 3.05) is 13.2 Å². The molecular formula is C16H20ClFN2O. The van der Waals surface area contributed by atoms with Crippen LogP contribution in [0.4, 0.5) is 4.39 Å². The van der Waals surface area contributed by atoms with Gasteiger partial charge in [0.25, 0.3) is 0 Å². The Morgan fingerprint density at radius 2 is 2.24 bits per heavy atom. The smallest absolute Gasteiger partial charge is 0.128 e. The Hall–Kier alpha value is -1.13. The highest BCUT2D eigenvalue weighted by Gasteiger charge is 2.34. The number of aryl methyl sites for hydroxylation is 1. The lowest BCUT2D eigenvalue weighted by atomic mass is 9.93. The summed E-state index contributed by atoms with van der Waals surface area (Å²) in [5, 5.41) is -0.237. The van der Waals surface area contributed by atoms with E-state index < -0.39 is 0 Å². The molecule has 3 nitrogen and oxygen atoms in total. The average molecular weight is 311 g/mol. The molecule has 1 aliphatic heterocycles. The average Bonchev–Trinajstić information content (AvgIpc) is 2.79. The normalized spacial score (nSPS) is 24.4. The Kier molecular flexibility index (Phi) is 3.70. The van der Waals surface area contributed by atoms with Crippen LogP contribution in [0.25, 0.3) is 11.0 Å². The summed E-state index contributed by atoms with van der Waals surface area (Å²) in [5.41, 5.74) is 2.03. The van der Waals surface area contributed by atoms with Crippen molar-refractivity contribution in [1.82, 2.24) is 9.55 Å². The lowest BCUT2D eigenvalue weighted by Crippen LogP contribution is -2.40. The van der Waals surface area contributed by atoms with Crippen LogP contribution in [0.1, 0.15) is 43.5 Å². The van der Waals surface area contributed by atoms with Gasteiger partial charge in [-0.3, -0.25) is 0 Å². The minimum absolute atomic E-state index is 0.185.